The van der Waals surface area contributed by atoms with Gasteiger partial charge in [-0.3, -0.25) is 0 Å². The van der Waals surface area contributed by atoms with Crippen molar-refractivity contribution >= 4 is 0 Å². The second-order valence-electron chi connectivity index (χ2n) is 24.3. The van der Waals surface area contributed by atoms with Gasteiger partial charge in [-0.05, 0) is 100 Å². The Labute approximate surface area is 528 Å². The van der Waals surface area contributed by atoms with Gasteiger partial charge in [-0.2, -0.15) is 0 Å². The minimum Gasteiger partial charge on any atom is -0.507 e. The van der Waals surface area contributed by atoms with E-state index in [4.69, 9.17) is 0 Å². The van der Waals surface area contributed by atoms with E-state index in [9.17, 15) is 30.6 Å². The maximum Gasteiger partial charge on any atom is 0.122 e. The number of phenols is 6. The Morgan fingerprint density at radius 2 is 0.256 bits per heavy atom. The Bertz CT molecular complexity index is 3440. The fraction of sp³-hybridized carbons (Fsp3) is 0.143. The number of phenolic OH excluding ortho intramolecular Hbond substituents is 6. The number of benzene rings is 6. The van der Waals surface area contributed by atoms with Gasteiger partial charge in [0.15, 0.2) is 0 Å². The number of allylic oxidation sites excluding steroid dienone is 36. The molecule has 0 aliphatic heterocycles. The van der Waals surface area contributed by atoms with Crippen LogP contribution in [0.2, 0.25) is 0 Å². The summed E-state index contributed by atoms with van der Waals surface area (Å²) in [5.74, 6) is -0.606. The van der Waals surface area contributed by atoms with Crippen molar-refractivity contribution in [3.8, 4) is 34.5 Å². The van der Waals surface area contributed by atoms with Crippen LogP contribution in [-0.2, 0) is 38.5 Å². The highest BCUT2D eigenvalue weighted by molar-refractivity contribution is 5.62. The van der Waals surface area contributed by atoms with Crippen LogP contribution in [0.5, 0.6) is 34.5 Å². The monoisotopic (exact) mass is 1180 g/mol. The highest BCUT2D eigenvalue weighted by Crippen LogP contribution is 2.45. The molecule has 0 aromatic heterocycles. The van der Waals surface area contributed by atoms with E-state index in [0.717, 1.165) is 33.4 Å². The van der Waals surface area contributed by atoms with Crippen molar-refractivity contribution in [1.82, 2.24) is 0 Å². The zero-order valence-corrected chi connectivity index (χ0v) is 50.1. The predicted octanol–water partition coefficient (Wildman–Crippen LogP) is 18.4. The fourth-order valence-corrected chi connectivity index (χ4v) is 13.4. The minimum absolute atomic E-state index is 0.0582. The molecule has 6 N–H and O–H groups in total. The molecule has 0 saturated heterocycles. The molecule has 7 aliphatic carbocycles. The smallest absolute Gasteiger partial charge is 0.122 e. The number of rotatable bonds is 6. The number of fused-ring (bicyclic) bond motifs is 12. The van der Waals surface area contributed by atoms with Crippen LogP contribution in [0.3, 0.4) is 0 Å². The topological polar surface area (TPSA) is 121 Å². The molecular weight excluding hydrogens is 1100 g/mol. The van der Waals surface area contributed by atoms with Gasteiger partial charge >= 0.3 is 0 Å². The molecule has 6 aromatic carbocycles. The molecule has 0 atom stereocenters. The van der Waals surface area contributed by atoms with E-state index in [-0.39, 0.29) is 109 Å². The molecule has 0 spiro atoms. The molecule has 13 rings (SSSR count). The molecule has 0 unspecified atom stereocenters. The second kappa shape index (κ2) is 26.4. The van der Waals surface area contributed by atoms with Crippen LogP contribution in [0, 0.1) is 0 Å². The molecule has 6 heteroatoms. The summed E-state index contributed by atoms with van der Waals surface area (Å²) in [4.78, 5) is 0. The summed E-state index contributed by atoms with van der Waals surface area (Å²) >= 11 is 0. The van der Waals surface area contributed by atoms with Gasteiger partial charge in [0.2, 0.25) is 0 Å². The van der Waals surface area contributed by atoms with Crippen molar-refractivity contribution in [2.24, 2.45) is 0 Å². The van der Waals surface area contributed by atoms with Crippen LogP contribution >= 0.6 is 0 Å². The molecule has 6 nitrogen and oxygen atoms in total. The molecule has 6 aromatic rings. The van der Waals surface area contributed by atoms with Gasteiger partial charge in [-0.25, -0.2) is 0 Å². The average molecular weight is 1180 g/mol. The SMILES string of the molecule is Oc1c2cc(C3C=CC=CC=C3)cc1Cc1cc(C3C=CC=CC=C3)cc(c1O)Cc1cc(C3C=CC=CC=C3)cc(c1O)Cc1cc(C3C=CC=CC=C3)cc(c1O)Cc1cc(C3C=CC=CC=C3)cc(c1O)Cc1cc(C3C=CC=CC=C3)cc(c1O)C2. The molecule has 0 radical (unpaired) electrons. The highest BCUT2D eigenvalue weighted by atomic mass is 16.3. The van der Waals surface area contributed by atoms with Crippen molar-refractivity contribution in [3.63, 3.8) is 0 Å². The third-order valence-corrected chi connectivity index (χ3v) is 18.2. The largest absolute Gasteiger partial charge is 0.507 e. The second-order valence-corrected chi connectivity index (χ2v) is 24.3. The average Bonchev–Trinajstić information content (AvgIpc) is 0.916. The van der Waals surface area contributed by atoms with Crippen LogP contribution in [0.15, 0.2) is 292 Å². The Kier molecular flexibility index (Phi) is 17.2. The van der Waals surface area contributed by atoms with Gasteiger partial charge in [0, 0.05) is 74.0 Å². The Morgan fingerprint density at radius 3 is 0.356 bits per heavy atom. The number of aromatic hydroxyl groups is 6. The Morgan fingerprint density at radius 1 is 0.156 bits per heavy atom. The van der Waals surface area contributed by atoms with Crippen LogP contribution in [0.1, 0.15) is 136 Å². The molecule has 90 heavy (non-hydrogen) atoms. The van der Waals surface area contributed by atoms with Crippen molar-refractivity contribution in [2.75, 3.05) is 0 Å². The van der Waals surface area contributed by atoms with Crippen molar-refractivity contribution in [2.45, 2.75) is 74.0 Å². The molecule has 0 heterocycles. The lowest BCUT2D eigenvalue weighted by Crippen LogP contribution is -2.06. The maximum atomic E-state index is 12.9. The van der Waals surface area contributed by atoms with Crippen molar-refractivity contribution in [3.05, 3.63) is 392 Å². The van der Waals surface area contributed by atoms with E-state index in [1.807, 2.05) is 219 Å². The predicted molar refractivity (Wildman–Crippen MR) is 366 cm³/mol. The lowest BCUT2D eigenvalue weighted by molar-refractivity contribution is 0.451. The van der Waals surface area contributed by atoms with Gasteiger partial charge in [-0.15, -0.1) is 0 Å². The van der Waals surface area contributed by atoms with Crippen LogP contribution < -0.4 is 0 Å². The molecule has 0 fully saturated rings. The Balaban J connectivity index is 1.06. The first-order valence-corrected chi connectivity index (χ1v) is 31.2. The van der Waals surface area contributed by atoms with E-state index in [0.29, 0.717) is 66.8 Å². The lowest BCUT2D eigenvalue weighted by Gasteiger charge is -2.22. The van der Waals surface area contributed by atoms with Crippen molar-refractivity contribution in [1.29, 1.82) is 0 Å². The van der Waals surface area contributed by atoms with Gasteiger partial charge in [-0.1, -0.05) is 292 Å². The standard InChI is InChI=1S/C84H72O6/c85-79-67-37-61(55-25-13-1-2-14-26-55)38-68(79)50-70-40-63(57-29-17-5-6-18-30-57)42-72(81(70)87)52-74-44-65(59-33-21-9-10-22-34-59)46-76(83(74)89)54-78-48-66(60-35-23-11-12-24-36-60)47-77(84(78)90)53-75-45-64(58-31-19-7-8-20-32-58)43-73(82(75)88)51-71-41-62(39-69(49-67)80(71)86)56-27-15-3-4-16-28-56/h1-48,55-60,85-90H,49-54H2. The van der Waals surface area contributed by atoms with E-state index >= 15 is 0 Å². The summed E-state index contributed by atoms with van der Waals surface area (Å²) in [6, 6.07) is 24.4. The zero-order chi connectivity index (χ0) is 61.5. The van der Waals surface area contributed by atoms with Gasteiger partial charge in [0.05, 0.1) is 0 Å². The van der Waals surface area contributed by atoms with Gasteiger partial charge < -0.3 is 30.6 Å². The first-order valence-electron chi connectivity index (χ1n) is 31.2. The van der Waals surface area contributed by atoms with Crippen molar-refractivity contribution < 1.29 is 30.6 Å². The molecule has 7 aliphatic rings. The summed E-state index contributed by atoms with van der Waals surface area (Å²) < 4.78 is 0. The van der Waals surface area contributed by atoms with E-state index in [1.54, 1.807) is 0 Å². The maximum absolute atomic E-state index is 12.9. The Hall–Kier alpha value is -10.6. The third kappa shape index (κ3) is 12.9. The molecule has 0 saturated carbocycles. The number of hydrogen-bond donors (Lipinski definition) is 6. The normalized spacial score (nSPS) is 17.6. The summed E-state index contributed by atoms with van der Waals surface area (Å²) in [7, 11) is 0. The summed E-state index contributed by atoms with van der Waals surface area (Å²) in [5.41, 5.74) is 12.8. The van der Waals surface area contributed by atoms with Crippen LogP contribution in [0.25, 0.3) is 0 Å². The highest BCUT2D eigenvalue weighted by Gasteiger charge is 2.27. The first kappa shape index (κ1) is 58.5. The fourth-order valence-electron chi connectivity index (χ4n) is 13.4. The summed E-state index contributed by atoms with van der Waals surface area (Å²) in [6.45, 7) is 0. The van der Waals surface area contributed by atoms with E-state index in [1.165, 1.54) is 0 Å². The molecule has 444 valence electrons. The zero-order valence-electron chi connectivity index (χ0n) is 50.1. The summed E-state index contributed by atoms with van der Waals surface area (Å²) in [5, 5.41) is 77.6. The third-order valence-electron chi connectivity index (χ3n) is 18.2. The molecule has 0 amide bonds. The van der Waals surface area contributed by atoms with E-state index in [2.05, 4.69) is 72.9 Å². The molecule has 12 bridgehead atoms. The van der Waals surface area contributed by atoms with Crippen LogP contribution in [-0.4, -0.2) is 30.6 Å². The van der Waals surface area contributed by atoms with Gasteiger partial charge in [0.25, 0.3) is 0 Å². The van der Waals surface area contributed by atoms with Crippen LogP contribution in [0.4, 0.5) is 0 Å². The first-order chi connectivity index (χ1) is 44.1. The molecular formula is C84H72O6. The summed E-state index contributed by atoms with van der Waals surface area (Å²) in [6.07, 6.45) is 74.8. The minimum atomic E-state index is -0.159. The lowest BCUT2D eigenvalue weighted by atomic mass is 9.84. The number of hydrogen-bond acceptors (Lipinski definition) is 6. The van der Waals surface area contributed by atoms with E-state index < -0.39 is 0 Å². The van der Waals surface area contributed by atoms with Gasteiger partial charge in [0.1, 0.15) is 34.5 Å². The quantitative estimate of drug-likeness (QED) is 0.0987.